The van der Waals surface area contributed by atoms with Gasteiger partial charge in [0.15, 0.2) is 5.75 Å². The first-order chi connectivity index (χ1) is 12.6. The van der Waals surface area contributed by atoms with E-state index >= 15 is 0 Å². The van der Waals surface area contributed by atoms with Crippen LogP contribution in [0, 0.1) is 5.92 Å². The van der Waals surface area contributed by atoms with Crippen LogP contribution in [0.15, 0.2) is 42.7 Å². The van der Waals surface area contributed by atoms with Crippen molar-refractivity contribution in [1.29, 1.82) is 0 Å². The summed E-state index contributed by atoms with van der Waals surface area (Å²) in [4.78, 5) is 30.8. The molecule has 26 heavy (non-hydrogen) atoms. The van der Waals surface area contributed by atoms with E-state index in [1.165, 1.54) is 0 Å². The van der Waals surface area contributed by atoms with Crippen LogP contribution in [0.2, 0.25) is 0 Å². The van der Waals surface area contributed by atoms with Gasteiger partial charge in [-0.15, -0.1) is 0 Å². The number of hydrogen-bond acceptors (Lipinski definition) is 5. The van der Waals surface area contributed by atoms with Gasteiger partial charge in [-0.25, -0.2) is 0 Å². The Labute approximate surface area is 151 Å². The lowest BCUT2D eigenvalue weighted by molar-refractivity contribution is 0.0645. The molecule has 1 atom stereocenters. The van der Waals surface area contributed by atoms with Gasteiger partial charge in [-0.05, 0) is 24.3 Å². The Morgan fingerprint density at radius 3 is 2.85 bits per heavy atom. The predicted octanol–water partition coefficient (Wildman–Crippen LogP) is 1.80. The number of carbonyl (C=O) groups excluding carboxylic acids is 2. The van der Waals surface area contributed by atoms with Gasteiger partial charge in [0.2, 0.25) is 0 Å². The SMILES string of the molecule is CC1COc2c(NC(=O)c3ccncc3)cccc2C(=O)N(CCO)C1. The van der Waals surface area contributed by atoms with Crippen molar-refractivity contribution in [3.63, 3.8) is 0 Å². The molecule has 1 aromatic heterocycles. The van der Waals surface area contributed by atoms with Crippen molar-refractivity contribution in [2.45, 2.75) is 6.92 Å². The van der Waals surface area contributed by atoms with E-state index in [2.05, 4.69) is 10.3 Å². The third-order valence-electron chi connectivity index (χ3n) is 4.14. The Balaban J connectivity index is 1.93. The minimum Gasteiger partial charge on any atom is -0.490 e. The number of nitrogens with one attached hydrogen (secondary N) is 1. The van der Waals surface area contributed by atoms with Crippen LogP contribution in [0.3, 0.4) is 0 Å². The molecule has 3 rings (SSSR count). The monoisotopic (exact) mass is 355 g/mol. The number of carbonyl (C=O) groups is 2. The van der Waals surface area contributed by atoms with E-state index < -0.39 is 0 Å². The van der Waals surface area contributed by atoms with E-state index in [0.29, 0.717) is 35.7 Å². The summed E-state index contributed by atoms with van der Waals surface area (Å²) in [5.74, 6) is -0.0724. The van der Waals surface area contributed by atoms with Crippen molar-refractivity contribution in [2.24, 2.45) is 5.92 Å². The molecule has 0 saturated heterocycles. The van der Waals surface area contributed by atoms with E-state index in [4.69, 9.17) is 4.74 Å². The van der Waals surface area contributed by atoms with Gasteiger partial charge in [-0.2, -0.15) is 0 Å². The molecule has 2 aromatic rings. The van der Waals surface area contributed by atoms with Crippen LogP contribution in [0.4, 0.5) is 5.69 Å². The summed E-state index contributed by atoms with van der Waals surface area (Å²) in [7, 11) is 0. The molecule has 1 aliphatic rings. The van der Waals surface area contributed by atoms with E-state index in [9.17, 15) is 14.7 Å². The van der Waals surface area contributed by atoms with Crippen molar-refractivity contribution < 1.29 is 19.4 Å². The minimum absolute atomic E-state index is 0.0996. The average molecular weight is 355 g/mol. The molecule has 0 spiro atoms. The van der Waals surface area contributed by atoms with Crippen LogP contribution in [-0.4, -0.2) is 53.1 Å². The Hall–Kier alpha value is -2.93. The largest absolute Gasteiger partial charge is 0.490 e. The third-order valence-corrected chi connectivity index (χ3v) is 4.14. The summed E-state index contributed by atoms with van der Waals surface area (Å²) in [5, 5.41) is 12.0. The summed E-state index contributed by atoms with van der Waals surface area (Å²) < 4.78 is 5.87. The van der Waals surface area contributed by atoms with Crippen LogP contribution in [0.5, 0.6) is 5.75 Å². The number of aliphatic hydroxyl groups excluding tert-OH is 1. The predicted molar refractivity (Wildman–Crippen MR) is 96.3 cm³/mol. The van der Waals surface area contributed by atoms with Crippen molar-refractivity contribution in [3.05, 3.63) is 53.9 Å². The van der Waals surface area contributed by atoms with Crippen molar-refractivity contribution >= 4 is 17.5 Å². The second kappa shape index (κ2) is 7.97. The second-order valence-corrected chi connectivity index (χ2v) is 6.26. The highest BCUT2D eigenvalue weighted by Crippen LogP contribution is 2.32. The molecule has 1 unspecified atom stereocenters. The Bertz CT molecular complexity index is 795. The highest BCUT2D eigenvalue weighted by atomic mass is 16.5. The van der Waals surface area contributed by atoms with Crippen molar-refractivity contribution in [3.8, 4) is 5.75 Å². The summed E-state index contributed by atoms with van der Waals surface area (Å²) >= 11 is 0. The average Bonchev–Trinajstić information content (AvgIpc) is 2.65. The van der Waals surface area contributed by atoms with Crippen LogP contribution >= 0.6 is 0 Å². The van der Waals surface area contributed by atoms with Crippen LogP contribution in [0.25, 0.3) is 0 Å². The normalized spacial score (nSPS) is 16.9. The maximum atomic E-state index is 12.8. The molecule has 1 aromatic carbocycles. The molecule has 0 fully saturated rings. The lowest BCUT2D eigenvalue weighted by Crippen LogP contribution is -2.40. The molecule has 2 N–H and O–H groups in total. The fourth-order valence-electron chi connectivity index (χ4n) is 2.88. The molecule has 0 aliphatic carbocycles. The molecule has 7 heteroatoms. The maximum absolute atomic E-state index is 12.8. The highest BCUT2D eigenvalue weighted by molar-refractivity contribution is 6.07. The van der Waals surface area contributed by atoms with Gasteiger partial charge < -0.3 is 20.1 Å². The zero-order chi connectivity index (χ0) is 18.5. The number of benzene rings is 1. The van der Waals surface area contributed by atoms with Gasteiger partial charge in [-0.1, -0.05) is 13.0 Å². The van der Waals surface area contributed by atoms with Gasteiger partial charge in [0.05, 0.1) is 24.5 Å². The molecule has 2 heterocycles. The molecule has 0 bridgehead atoms. The quantitative estimate of drug-likeness (QED) is 0.872. The number of anilines is 1. The van der Waals surface area contributed by atoms with Gasteiger partial charge in [0, 0.05) is 37.0 Å². The second-order valence-electron chi connectivity index (χ2n) is 6.26. The smallest absolute Gasteiger partial charge is 0.257 e. The number of rotatable bonds is 4. The molecule has 136 valence electrons. The number of aromatic nitrogens is 1. The molecule has 1 aliphatic heterocycles. The van der Waals surface area contributed by atoms with Gasteiger partial charge in [0.25, 0.3) is 11.8 Å². The van der Waals surface area contributed by atoms with Crippen molar-refractivity contribution in [2.75, 3.05) is 31.6 Å². The lowest BCUT2D eigenvalue weighted by Gasteiger charge is -2.30. The number of nitrogens with zero attached hydrogens (tertiary/aromatic N) is 2. The Morgan fingerprint density at radius 1 is 1.35 bits per heavy atom. The molecular weight excluding hydrogens is 334 g/mol. The van der Waals surface area contributed by atoms with Gasteiger partial charge in [0.1, 0.15) is 0 Å². The third kappa shape index (κ3) is 3.83. The van der Waals surface area contributed by atoms with E-state index in [1.54, 1.807) is 47.6 Å². The fourth-order valence-corrected chi connectivity index (χ4v) is 2.88. The van der Waals surface area contributed by atoms with E-state index in [1.807, 2.05) is 6.92 Å². The van der Waals surface area contributed by atoms with E-state index in [0.717, 1.165) is 0 Å². The minimum atomic E-state index is -0.306. The Kier molecular flexibility index (Phi) is 5.48. The number of amides is 2. The molecule has 0 radical (unpaired) electrons. The standard InChI is InChI=1S/C19H21N3O4/c1-13-11-22(9-10-23)19(25)15-3-2-4-16(17(15)26-12-13)21-18(24)14-5-7-20-8-6-14/h2-8,13,23H,9-12H2,1H3,(H,21,24). The summed E-state index contributed by atoms with van der Waals surface area (Å²) in [6, 6.07) is 8.29. The number of aliphatic hydroxyl groups is 1. The van der Waals surface area contributed by atoms with Crippen LogP contribution in [-0.2, 0) is 0 Å². The van der Waals surface area contributed by atoms with Crippen molar-refractivity contribution in [1.82, 2.24) is 9.88 Å². The zero-order valence-electron chi connectivity index (χ0n) is 14.5. The summed E-state index contributed by atoms with van der Waals surface area (Å²) in [6.07, 6.45) is 3.08. The molecule has 7 nitrogen and oxygen atoms in total. The first kappa shape index (κ1) is 17.9. The fraction of sp³-hybridized carbons (Fsp3) is 0.316. The number of β-amino-alcohol motifs (C(OH)–C–C–N with tert-alkyl or cyclic N) is 1. The van der Waals surface area contributed by atoms with Crippen LogP contribution < -0.4 is 10.1 Å². The number of fused-ring (bicyclic) bond motifs is 1. The molecule has 0 saturated carbocycles. The zero-order valence-corrected chi connectivity index (χ0v) is 14.5. The summed E-state index contributed by atoms with van der Waals surface area (Å²) in [6.45, 7) is 3.04. The topological polar surface area (TPSA) is 91.8 Å². The van der Waals surface area contributed by atoms with Gasteiger partial charge >= 0.3 is 0 Å². The Morgan fingerprint density at radius 2 is 2.12 bits per heavy atom. The van der Waals surface area contributed by atoms with Gasteiger partial charge in [-0.3, -0.25) is 14.6 Å². The first-order valence-corrected chi connectivity index (χ1v) is 8.47. The molecular formula is C19H21N3O4. The molecule has 2 amide bonds. The lowest BCUT2D eigenvalue weighted by atomic mass is 10.1. The van der Waals surface area contributed by atoms with Crippen LogP contribution in [0.1, 0.15) is 27.6 Å². The number of hydrogen-bond donors (Lipinski definition) is 2. The summed E-state index contributed by atoms with van der Waals surface area (Å²) in [5.41, 5.74) is 1.28. The van der Waals surface area contributed by atoms with E-state index in [-0.39, 0.29) is 30.9 Å². The number of ether oxygens (including phenoxy) is 1. The maximum Gasteiger partial charge on any atom is 0.257 e. The number of pyridine rings is 1. The highest BCUT2D eigenvalue weighted by Gasteiger charge is 2.26. The first-order valence-electron chi connectivity index (χ1n) is 8.47. The number of para-hydroxylation sites is 1.